The Hall–Kier alpha value is -1.73. The van der Waals surface area contributed by atoms with Gasteiger partial charge in [-0.1, -0.05) is 12.1 Å². The number of primary sulfonamides is 1. The number of nitrogens with one attached hydrogen (secondary N) is 1. The largest absolute Gasteiger partial charge is 0.369 e. The Morgan fingerprint density at radius 2 is 2.00 bits per heavy atom. The summed E-state index contributed by atoms with van der Waals surface area (Å²) in [5.41, 5.74) is 0.849. The molecule has 7 heteroatoms. The van der Waals surface area contributed by atoms with Crippen LogP contribution < -0.4 is 10.5 Å². The van der Waals surface area contributed by atoms with Gasteiger partial charge in [-0.3, -0.25) is 0 Å². The first-order valence-electron chi connectivity index (χ1n) is 5.50. The molecule has 1 heterocycles. The summed E-state index contributed by atoms with van der Waals surface area (Å²) in [5, 5.41) is 8.93. The molecule has 0 fully saturated rings. The minimum absolute atomic E-state index is 0.0387. The van der Waals surface area contributed by atoms with Crippen molar-refractivity contribution in [1.82, 2.24) is 9.97 Å². The number of rotatable bonds is 5. The molecule has 0 spiro atoms. The van der Waals surface area contributed by atoms with Gasteiger partial charge in [0.15, 0.2) is 0 Å². The highest BCUT2D eigenvalue weighted by molar-refractivity contribution is 7.89. The molecule has 3 N–H and O–H groups in total. The fourth-order valence-corrected chi connectivity index (χ4v) is 2.17. The second-order valence-corrected chi connectivity index (χ2v) is 5.62. The zero-order valence-corrected chi connectivity index (χ0v) is 10.5. The van der Waals surface area contributed by atoms with Crippen LogP contribution in [-0.4, -0.2) is 30.7 Å². The monoisotopic (exact) mass is 266 g/mol. The molecule has 2 aromatic rings. The smallest absolute Gasteiger partial charge is 0.209 e. The maximum atomic E-state index is 10.8. The molecule has 0 saturated carbocycles. The Bertz CT molecular complexity index is 637. The standard InChI is InChI=1S/C11H14N4O2S/c12-18(16,17)7-3-6-13-11-9-4-1-2-5-10(9)14-8-15-11/h1-2,4-5,8H,3,6-7H2,(H2,12,16,17)(H,13,14,15). The Morgan fingerprint density at radius 3 is 2.78 bits per heavy atom. The number of aromatic nitrogens is 2. The van der Waals surface area contributed by atoms with E-state index in [9.17, 15) is 8.42 Å². The Morgan fingerprint density at radius 1 is 1.22 bits per heavy atom. The topological polar surface area (TPSA) is 98.0 Å². The lowest BCUT2D eigenvalue weighted by molar-refractivity contribution is 0.596. The van der Waals surface area contributed by atoms with Gasteiger partial charge in [0.2, 0.25) is 10.0 Å². The first-order valence-corrected chi connectivity index (χ1v) is 7.22. The third-order valence-corrected chi connectivity index (χ3v) is 3.30. The second-order valence-electron chi connectivity index (χ2n) is 3.89. The van der Waals surface area contributed by atoms with E-state index >= 15 is 0 Å². The number of hydrogen-bond donors (Lipinski definition) is 2. The molecule has 0 aliphatic heterocycles. The molecule has 0 atom stereocenters. The van der Waals surface area contributed by atoms with Crippen LogP contribution in [0.1, 0.15) is 6.42 Å². The van der Waals surface area contributed by atoms with Gasteiger partial charge in [-0.25, -0.2) is 23.5 Å². The van der Waals surface area contributed by atoms with E-state index in [-0.39, 0.29) is 5.75 Å². The van der Waals surface area contributed by atoms with Crippen LogP contribution >= 0.6 is 0 Å². The van der Waals surface area contributed by atoms with Crippen LogP contribution in [0.3, 0.4) is 0 Å². The summed E-state index contributed by atoms with van der Waals surface area (Å²) in [6.45, 7) is 0.497. The summed E-state index contributed by atoms with van der Waals surface area (Å²) in [7, 11) is -3.39. The normalized spacial score (nSPS) is 11.6. The quantitative estimate of drug-likeness (QED) is 0.777. The van der Waals surface area contributed by atoms with Gasteiger partial charge in [-0.15, -0.1) is 0 Å². The van der Waals surface area contributed by atoms with E-state index in [0.717, 1.165) is 10.9 Å². The SMILES string of the molecule is NS(=O)(=O)CCCNc1ncnc2ccccc12. The van der Waals surface area contributed by atoms with E-state index in [4.69, 9.17) is 5.14 Å². The maximum absolute atomic E-state index is 10.8. The molecular weight excluding hydrogens is 252 g/mol. The van der Waals surface area contributed by atoms with Crippen molar-refractivity contribution >= 4 is 26.7 Å². The average Bonchev–Trinajstić information content (AvgIpc) is 2.33. The van der Waals surface area contributed by atoms with Gasteiger partial charge < -0.3 is 5.32 Å². The number of para-hydroxylation sites is 1. The molecule has 0 radical (unpaired) electrons. The van der Waals surface area contributed by atoms with Crippen LogP contribution in [0.15, 0.2) is 30.6 Å². The van der Waals surface area contributed by atoms with Crippen molar-refractivity contribution in [3.05, 3.63) is 30.6 Å². The van der Waals surface area contributed by atoms with Crippen LogP contribution in [0.5, 0.6) is 0 Å². The van der Waals surface area contributed by atoms with Gasteiger partial charge in [0.1, 0.15) is 12.1 Å². The highest BCUT2D eigenvalue weighted by Crippen LogP contribution is 2.17. The van der Waals surface area contributed by atoms with Crippen molar-refractivity contribution in [2.45, 2.75) is 6.42 Å². The first-order chi connectivity index (χ1) is 8.56. The lowest BCUT2D eigenvalue weighted by Crippen LogP contribution is -2.18. The Kier molecular flexibility index (Phi) is 3.73. The Labute approximate surface area is 105 Å². The molecular formula is C11H14N4O2S. The van der Waals surface area contributed by atoms with Crippen molar-refractivity contribution in [3.63, 3.8) is 0 Å². The fourth-order valence-electron chi connectivity index (χ4n) is 1.63. The second kappa shape index (κ2) is 5.28. The third-order valence-electron chi connectivity index (χ3n) is 2.44. The van der Waals surface area contributed by atoms with Gasteiger partial charge in [0, 0.05) is 11.9 Å². The molecule has 96 valence electrons. The zero-order chi connectivity index (χ0) is 13.0. The average molecular weight is 266 g/mol. The molecule has 0 saturated heterocycles. The molecule has 0 bridgehead atoms. The summed E-state index contributed by atoms with van der Waals surface area (Å²) in [4.78, 5) is 8.28. The molecule has 1 aromatic carbocycles. The van der Waals surface area contributed by atoms with Crippen LogP contribution in [0.4, 0.5) is 5.82 Å². The summed E-state index contributed by atoms with van der Waals surface area (Å²) >= 11 is 0. The van der Waals surface area contributed by atoms with E-state index in [2.05, 4.69) is 15.3 Å². The van der Waals surface area contributed by atoms with Crippen LogP contribution in [0.25, 0.3) is 10.9 Å². The van der Waals surface area contributed by atoms with Gasteiger partial charge in [-0.2, -0.15) is 0 Å². The lowest BCUT2D eigenvalue weighted by atomic mass is 10.2. The van der Waals surface area contributed by atoms with E-state index in [0.29, 0.717) is 18.8 Å². The molecule has 0 aliphatic carbocycles. The van der Waals surface area contributed by atoms with Crippen molar-refractivity contribution in [3.8, 4) is 0 Å². The minimum atomic E-state index is -3.39. The van der Waals surface area contributed by atoms with Gasteiger partial charge >= 0.3 is 0 Å². The van der Waals surface area contributed by atoms with E-state index in [1.807, 2.05) is 24.3 Å². The van der Waals surface area contributed by atoms with E-state index in [1.54, 1.807) is 0 Å². The number of benzene rings is 1. The number of sulfonamides is 1. The number of fused-ring (bicyclic) bond motifs is 1. The number of nitrogens with two attached hydrogens (primary N) is 1. The molecule has 18 heavy (non-hydrogen) atoms. The van der Waals surface area contributed by atoms with Crippen molar-refractivity contribution < 1.29 is 8.42 Å². The number of anilines is 1. The highest BCUT2D eigenvalue weighted by atomic mass is 32.2. The molecule has 2 rings (SSSR count). The summed E-state index contributed by atoms with van der Waals surface area (Å²) in [6, 6.07) is 7.62. The molecule has 0 unspecified atom stereocenters. The summed E-state index contributed by atoms with van der Waals surface area (Å²) in [6.07, 6.45) is 1.92. The van der Waals surface area contributed by atoms with Crippen molar-refractivity contribution in [1.29, 1.82) is 0 Å². The van der Waals surface area contributed by atoms with Crippen LogP contribution in [-0.2, 0) is 10.0 Å². The molecule has 0 aliphatic rings. The van der Waals surface area contributed by atoms with Crippen molar-refractivity contribution in [2.75, 3.05) is 17.6 Å². The van der Waals surface area contributed by atoms with Gasteiger partial charge in [-0.05, 0) is 18.6 Å². The maximum Gasteiger partial charge on any atom is 0.209 e. The first kappa shape index (κ1) is 12.7. The summed E-state index contributed by atoms with van der Waals surface area (Å²) in [5.74, 6) is 0.665. The van der Waals surface area contributed by atoms with E-state index < -0.39 is 10.0 Å². The number of nitrogens with zero attached hydrogens (tertiary/aromatic N) is 2. The fraction of sp³-hybridized carbons (Fsp3) is 0.273. The lowest BCUT2D eigenvalue weighted by Gasteiger charge is -2.07. The molecule has 0 amide bonds. The van der Waals surface area contributed by atoms with E-state index in [1.165, 1.54) is 6.33 Å². The molecule has 1 aromatic heterocycles. The third kappa shape index (κ3) is 3.38. The zero-order valence-electron chi connectivity index (χ0n) is 9.70. The Balaban J connectivity index is 2.04. The van der Waals surface area contributed by atoms with Crippen molar-refractivity contribution in [2.24, 2.45) is 5.14 Å². The van der Waals surface area contributed by atoms with Crippen LogP contribution in [0, 0.1) is 0 Å². The summed E-state index contributed by atoms with van der Waals surface area (Å²) < 4.78 is 21.6. The van der Waals surface area contributed by atoms with Gasteiger partial charge in [0.05, 0.1) is 11.3 Å². The predicted molar refractivity (Wildman–Crippen MR) is 70.6 cm³/mol. The molecule has 6 nitrogen and oxygen atoms in total. The van der Waals surface area contributed by atoms with Crippen LogP contribution in [0.2, 0.25) is 0 Å². The predicted octanol–water partition coefficient (Wildman–Crippen LogP) is 0.720. The highest BCUT2D eigenvalue weighted by Gasteiger charge is 2.04. The van der Waals surface area contributed by atoms with Gasteiger partial charge in [0.25, 0.3) is 0 Å². The number of hydrogen-bond acceptors (Lipinski definition) is 5. The minimum Gasteiger partial charge on any atom is -0.369 e.